The number of carbonyl (C=O) groups excluding carboxylic acids is 1. The summed E-state index contributed by atoms with van der Waals surface area (Å²) in [6.45, 7) is 0. The molecule has 1 fully saturated rings. The van der Waals surface area contributed by atoms with Crippen LogP contribution in [-0.4, -0.2) is 23.2 Å². The monoisotopic (exact) mass is 547 g/mol. The number of ether oxygens (including phenoxy) is 1. The first-order valence-electron chi connectivity index (χ1n) is 13.7. The number of rotatable bonds is 5. The van der Waals surface area contributed by atoms with Crippen molar-refractivity contribution in [1.29, 1.82) is 0 Å². The molecule has 0 amide bonds. The van der Waals surface area contributed by atoms with E-state index >= 15 is 0 Å². The van der Waals surface area contributed by atoms with Crippen molar-refractivity contribution in [2.75, 3.05) is 7.11 Å². The first-order chi connectivity index (χ1) is 19.5. The van der Waals surface area contributed by atoms with Gasteiger partial charge in [0.15, 0.2) is 0 Å². The summed E-state index contributed by atoms with van der Waals surface area (Å²) < 4.78 is 5.01. The van der Waals surface area contributed by atoms with Crippen LogP contribution in [0.3, 0.4) is 0 Å². The number of hydrogen-bond donors (Lipinski definition) is 1. The molecule has 6 rings (SSSR count). The lowest BCUT2D eigenvalue weighted by Crippen LogP contribution is -2.09. The Morgan fingerprint density at radius 2 is 1.55 bits per heavy atom. The SMILES string of the molecule is COC(=O)c1ccc(-c2ccc3nc(-c4cc(O)ccc4-c4ccc(Cl)cc4)ccc3c2)c(C2CCCCC2)c1. The highest BCUT2D eigenvalue weighted by atomic mass is 35.5. The highest BCUT2D eigenvalue weighted by Gasteiger charge is 2.21. The predicted molar refractivity (Wildman–Crippen MR) is 162 cm³/mol. The maximum absolute atomic E-state index is 12.3. The van der Waals surface area contributed by atoms with Crippen molar-refractivity contribution < 1.29 is 14.6 Å². The number of nitrogens with zero attached hydrogens (tertiary/aromatic N) is 1. The molecule has 0 spiro atoms. The number of pyridine rings is 1. The highest BCUT2D eigenvalue weighted by Crippen LogP contribution is 2.40. The van der Waals surface area contributed by atoms with Crippen molar-refractivity contribution in [3.05, 3.63) is 107 Å². The molecule has 0 bridgehead atoms. The molecule has 0 atom stereocenters. The van der Waals surface area contributed by atoms with Gasteiger partial charge in [0.1, 0.15) is 5.75 Å². The summed E-state index contributed by atoms with van der Waals surface area (Å²) in [5.74, 6) is 0.320. The van der Waals surface area contributed by atoms with Gasteiger partial charge in [-0.2, -0.15) is 0 Å². The van der Waals surface area contributed by atoms with Crippen LogP contribution in [-0.2, 0) is 4.74 Å². The van der Waals surface area contributed by atoms with E-state index < -0.39 is 0 Å². The van der Waals surface area contributed by atoms with Gasteiger partial charge in [-0.25, -0.2) is 9.78 Å². The fraction of sp³-hybridized carbons (Fsp3) is 0.200. The zero-order valence-corrected chi connectivity index (χ0v) is 23.1. The Balaban J connectivity index is 1.41. The quantitative estimate of drug-likeness (QED) is 0.223. The van der Waals surface area contributed by atoms with Gasteiger partial charge in [0.2, 0.25) is 0 Å². The Bertz CT molecular complexity index is 1700. The smallest absolute Gasteiger partial charge is 0.337 e. The second kappa shape index (κ2) is 11.1. The molecule has 0 unspecified atom stereocenters. The number of aromatic nitrogens is 1. The van der Waals surface area contributed by atoms with E-state index in [2.05, 4.69) is 30.3 Å². The normalized spacial score (nSPS) is 13.8. The summed E-state index contributed by atoms with van der Waals surface area (Å²) in [6.07, 6.45) is 5.96. The number of methoxy groups -OCH3 is 1. The van der Waals surface area contributed by atoms with Crippen molar-refractivity contribution >= 4 is 28.5 Å². The number of carbonyl (C=O) groups is 1. The predicted octanol–water partition coefficient (Wildman–Crippen LogP) is 9.43. The van der Waals surface area contributed by atoms with E-state index in [-0.39, 0.29) is 11.7 Å². The van der Waals surface area contributed by atoms with Crippen LogP contribution in [0.4, 0.5) is 0 Å². The topological polar surface area (TPSA) is 59.4 Å². The maximum Gasteiger partial charge on any atom is 0.337 e. The minimum atomic E-state index is -0.302. The maximum atomic E-state index is 12.3. The fourth-order valence-corrected chi connectivity index (χ4v) is 6.02. The molecule has 1 N–H and O–H groups in total. The average Bonchev–Trinajstić information content (AvgIpc) is 3.00. The second-order valence-corrected chi connectivity index (χ2v) is 10.9. The molecule has 5 aromatic rings. The van der Waals surface area contributed by atoms with Crippen LogP contribution in [0.5, 0.6) is 5.75 Å². The molecule has 4 aromatic carbocycles. The standard InChI is InChI=1S/C35H30ClNO3/c1-40-35(39)26-9-15-30(31(20-26)22-5-3-2-4-6-22)24-10-17-33-25(19-24)11-18-34(37-33)32-21-28(38)14-16-29(32)23-7-12-27(36)13-8-23/h7-22,38H,2-6H2,1H3. The van der Waals surface area contributed by atoms with Gasteiger partial charge in [-0.3, -0.25) is 0 Å². The van der Waals surface area contributed by atoms with Crippen LogP contribution >= 0.6 is 11.6 Å². The zero-order chi connectivity index (χ0) is 27.6. The van der Waals surface area contributed by atoms with E-state index in [9.17, 15) is 9.90 Å². The van der Waals surface area contributed by atoms with Crippen molar-refractivity contribution in [2.24, 2.45) is 0 Å². The number of hydrogen-bond acceptors (Lipinski definition) is 4. The molecule has 200 valence electrons. The van der Waals surface area contributed by atoms with Gasteiger partial charge >= 0.3 is 5.97 Å². The first kappa shape index (κ1) is 26.1. The number of phenols is 1. The average molecular weight is 548 g/mol. The van der Waals surface area contributed by atoms with Gasteiger partial charge in [-0.05, 0) is 101 Å². The summed E-state index contributed by atoms with van der Waals surface area (Å²) in [6, 6.07) is 29.4. The molecule has 1 aromatic heterocycles. The Morgan fingerprint density at radius 1 is 0.800 bits per heavy atom. The number of halogens is 1. The van der Waals surface area contributed by atoms with Crippen molar-refractivity contribution in [3.8, 4) is 39.3 Å². The highest BCUT2D eigenvalue weighted by molar-refractivity contribution is 6.30. The number of aromatic hydroxyl groups is 1. The fourth-order valence-electron chi connectivity index (χ4n) is 5.89. The van der Waals surface area contributed by atoms with Gasteiger partial charge in [0.05, 0.1) is 23.9 Å². The van der Waals surface area contributed by atoms with Gasteiger partial charge in [-0.1, -0.05) is 67.3 Å². The summed E-state index contributed by atoms with van der Waals surface area (Å²) in [5.41, 5.74) is 8.57. The molecule has 0 saturated heterocycles. The van der Waals surface area contributed by atoms with Crippen LogP contribution in [0.15, 0.2) is 91.0 Å². The number of esters is 1. The van der Waals surface area contributed by atoms with E-state index in [1.807, 2.05) is 48.5 Å². The van der Waals surface area contributed by atoms with E-state index in [0.717, 1.165) is 57.3 Å². The lowest BCUT2D eigenvalue weighted by molar-refractivity contribution is 0.0600. The molecule has 40 heavy (non-hydrogen) atoms. The summed E-state index contributed by atoms with van der Waals surface area (Å²) in [4.78, 5) is 17.3. The van der Waals surface area contributed by atoms with Gasteiger partial charge < -0.3 is 9.84 Å². The largest absolute Gasteiger partial charge is 0.508 e. The molecule has 1 aliphatic carbocycles. The van der Waals surface area contributed by atoms with Crippen molar-refractivity contribution in [1.82, 2.24) is 4.98 Å². The molecule has 4 nitrogen and oxygen atoms in total. The minimum absolute atomic E-state index is 0.190. The van der Waals surface area contributed by atoms with E-state index in [1.165, 1.54) is 31.9 Å². The van der Waals surface area contributed by atoms with E-state index in [4.69, 9.17) is 21.3 Å². The Hall–Kier alpha value is -4.15. The summed E-state index contributed by atoms with van der Waals surface area (Å²) in [7, 11) is 1.43. The molecule has 1 saturated carbocycles. The molecular formula is C35H30ClNO3. The molecule has 0 aliphatic heterocycles. The zero-order valence-electron chi connectivity index (χ0n) is 22.4. The Morgan fingerprint density at radius 3 is 2.33 bits per heavy atom. The lowest BCUT2D eigenvalue weighted by atomic mass is 9.80. The van der Waals surface area contributed by atoms with Gasteiger partial charge in [0.25, 0.3) is 0 Å². The number of fused-ring (bicyclic) bond motifs is 1. The molecular weight excluding hydrogens is 518 g/mol. The third kappa shape index (κ3) is 5.20. The molecule has 0 radical (unpaired) electrons. The van der Waals surface area contributed by atoms with Crippen LogP contribution in [0.2, 0.25) is 5.02 Å². The minimum Gasteiger partial charge on any atom is -0.508 e. The third-order valence-electron chi connectivity index (χ3n) is 7.95. The molecule has 1 heterocycles. The summed E-state index contributed by atoms with van der Waals surface area (Å²) in [5, 5.41) is 12.0. The molecule has 1 aliphatic rings. The Kier molecular flexibility index (Phi) is 7.27. The van der Waals surface area contributed by atoms with Gasteiger partial charge in [-0.15, -0.1) is 0 Å². The third-order valence-corrected chi connectivity index (χ3v) is 8.20. The van der Waals surface area contributed by atoms with Crippen molar-refractivity contribution in [2.45, 2.75) is 38.0 Å². The van der Waals surface area contributed by atoms with Crippen LogP contribution in [0.25, 0.3) is 44.4 Å². The first-order valence-corrected chi connectivity index (χ1v) is 14.1. The molecule has 5 heteroatoms. The number of benzene rings is 4. The van der Waals surface area contributed by atoms with Gasteiger partial charge in [0, 0.05) is 16.0 Å². The number of phenolic OH excluding ortho intramolecular Hbond substituents is 1. The lowest BCUT2D eigenvalue weighted by Gasteiger charge is -2.25. The van der Waals surface area contributed by atoms with Crippen LogP contribution in [0, 0.1) is 0 Å². The van der Waals surface area contributed by atoms with E-state index in [0.29, 0.717) is 16.5 Å². The van der Waals surface area contributed by atoms with E-state index in [1.54, 1.807) is 12.1 Å². The Labute approximate surface area is 239 Å². The summed E-state index contributed by atoms with van der Waals surface area (Å²) >= 11 is 6.11. The van der Waals surface area contributed by atoms with Crippen molar-refractivity contribution in [3.63, 3.8) is 0 Å². The van der Waals surface area contributed by atoms with Crippen LogP contribution in [0.1, 0.15) is 53.9 Å². The second-order valence-electron chi connectivity index (χ2n) is 10.5. The van der Waals surface area contributed by atoms with Crippen LogP contribution < -0.4 is 0 Å².